The van der Waals surface area contributed by atoms with Crippen LogP contribution in [0.25, 0.3) is 16.6 Å². The van der Waals surface area contributed by atoms with Gasteiger partial charge in [-0.1, -0.05) is 30.0 Å². The number of nitrogens with one attached hydrogen (secondary N) is 1. The minimum Gasteiger partial charge on any atom is -0.325 e. The van der Waals surface area contributed by atoms with E-state index < -0.39 is 10.0 Å². The highest BCUT2D eigenvalue weighted by atomic mass is 32.2. The molecule has 2 heterocycles. The number of anilines is 1. The summed E-state index contributed by atoms with van der Waals surface area (Å²) in [6, 6.07) is 17.4. The average molecular weight is 413 g/mol. The molecule has 142 valence electrons. The minimum absolute atomic E-state index is 0.0123. The number of hydrogen-bond acceptors (Lipinski definition) is 6. The number of aromatic nitrogens is 3. The maximum absolute atomic E-state index is 12.3. The van der Waals surface area contributed by atoms with Gasteiger partial charge >= 0.3 is 0 Å². The molecule has 0 radical (unpaired) electrons. The van der Waals surface area contributed by atoms with E-state index in [-0.39, 0.29) is 16.6 Å². The molecule has 0 spiro atoms. The molecule has 1 amide bonds. The van der Waals surface area contributed by atoms with E-state index in [9.17, 15) is 13.2 Å². The lowest BCUT2D eigenvalue weighted by molar-refractivity contribution is -0.113. The van der Waals surface area contributed by atoms with Crippen molar-refractivity contribution in [2.75, 3.05) is 11.1 Å². The third kappa shape index (κ3) is 3.70. The van der Waals surface area contributed by atoms with Gasteiger partial charge in [0.1, 0.15) is 0 Å². The number of thioether (sulfide) groups is 1. The molecule has 4 rings (SSSR count). The van der Waals surface area contributed by atoms with Crippen molar-refractivity contribution >= 4 is 49.9 Å². The first-order chi connectivity index (χ1) is 13.4. The lowest BCUT2D eigenvalue weighted by Gasteiger charge is -2.06. The van der Waals surface area contributed by atoms with Crippen molar-refractivity contribution in [1.29, 1.82) is 0 Å². The number of hydrogen-bond donors (Lipinski definition) is 2. The Morgan fingerprint density at radius 2 is 1.79 bits per heavy atom. The van der Waals surface area contributed by atoms with Gasteiger partial charge in [0, 0.05) is 5.69 Å². The Hall–Kier alpha value is -2.95. The van der Waals surface area contributed by atoms with Crippen molar-refractivity contribution in [3.8, 4) is 0 Å². The first-order valence-corrected chi connectivity index (χ1v) is 10.7. The standard InChI is InChI=1S/C18H15N5O3S2/c19-28(25,26)14-8-6-13(7-9-14)20-17(24)11-27-18-22-21-16-10-5-12-3-1-2-4-15(12)23(16)18/h1-10H,11H2,(H,20,24)(H2,19,25,26). The normalized spacial score (nSPS) is 11.8. The smallest absolute Gasteiger partial charge is 0.238 e. The van der Waals surface area contributed by atoms with Gasteiger partial charge in [0.15, 0.2) is 10.8 Å². The summed E-state index contributed by atoms with van der Waals surface area (Å²) in [5, 5.41) is 17.8. The van der Waals surface area contributed by atoms with Gasteiger partial charge < -0.3 is 5.32 Å². The Bertz CT molecular complexity index is 1280. The van der Waals surface area contributed by atoms with Crippen LogP contribution in [0.5, 0.6) is 0 Å². The summed E-state index contributed by atoms with van der Waals surface area (Å²) in [6.07, 6.45) is 0. The molecular weight excluding hydrogens is 398 g/mol. The van der Waals surface area contributed by atoms with E-state index in [1.54, 1.807) is 0 Å². The van der Waals surface area contributed by atoms with Crippen LogP contribution >= 0.6 is 11.8 Å². The van der Waals surface area contributed by atoms with Gasteiger partial charge in [-0.25, -0.2) is 13.6 Å². The molecule has 0 saturated heterocycles. The highest BCUT2D eigenvalue weighted by Gasteiger charge is 2.12. The molecule has 0 fully saturated rings. The Balaban J connectivity index is 1.49. The quantitative estimate of drug-likeness (QED) is 0.484. The number of para-hydroxylation sites is 1. The molecule has 0 saturated carbocycles. The van der Waals surface area contributed by atoms with Crippen LogP contribution in [0.15, 0.2) is 70.7 Å². The minimum atomic E-state index is -3.76. The fourth-order valence-corrected chi connectivity index (χ4v) is 4.03. The van der Waals surface area contributed by atoms with E-state index in [0.29, 0.717) is 16.5 Å². The van der Waals surface area contributed by atoms with E-state index in [4.69, 9.17) is 5.14 Å². The van der Waals surface area contributed by atoms with Gasteiger partial charge in [-0.2, -0.15) is 0 Å². The SMILES string of the molecule is NS(=O)(=O)c1ccc(NC(=O)CSc2nnc3ccc4ccccc4n23)cc1. The van der Waals surface area contributed by atoms with Crippen LogP contribution in [0.3, 0.4) is 0 Å². The van der Waals surface area contributed by atoms with Gasteiger partial charge in [-0.15, -0.1) is 10.2 Å². The van der Waals surface area contributed by atoms with Crippen LogP contribution in [0.2, 0.25) is 0 Å². The molecule has 3 N–H and O–H groups in total. The average Bonchev–Trinajstić information content (AvgIpc) is 3.10. The number of rotatable bonds is 5. The zero-order valence-electron chi connectivity index (χ0n) is 14.4. The first-order valence-electron chi connectivity index (χ1n) is 8.20. The number of fused-ring (bicyclic) bond motifs is 3. The molecule has 0 aliphatic heterocycles. The predicted molar refractivity (Wildman–Crippen MR) is 108 cm³/mol. The number of benzene rings is 2. The summed E-state index contributed by atoms with van der Waals surface area (Å²) in [5.74, 6) is -0.119. The topological polar surface area (TPSA) is 119 Å². The number of amides is 1. The number of carbonyl (C=O) groups excluding carboxylic acids is 1. The molecule has 0 aliphatic rings. The molecule has 0 unspecified atom stereocenters. The van der Waals surface area contributed by atoms with Gasteiger partial charge in [0.2, 0.25) is 15.9 Å². The van der Waals surface area contributed by atoms with Gasteiger partial charge in [0.05, 0.1) is 16.2 Å². The highest BCUT2D eigenvalue weighted by molar-refractivity contribution is 7.99. The van der Waals surface area contributed by atoms with Crippen molar-refractivity contribution < 1.29 is 13.2 Å². The van der Waals surface area contributed by atoms with Gasteiger partial charge in [-0.05, 0) is 47.9 Å². The largest absolute Gasteiger partial charge is 0.325 e. The number of nitrogens with zero attached hydrogens (tertiary/aromatic N) is 3. The summed E-state index contributed by atoms with van der Waals surface area (Å²) < 4.78 is 24.5. The molecule has 2 aromatic heterocycles. The monoisotopic (exact) mass is 413 g/mol. The van der Waals surface area contributed by atoms with E-state index in [1.807, 2.05) is 40.8 Å². The second-order valence-corrected chi connectivity index (χ2v) is 8.48. The Morgan fingerprint density at radius 3 is 2.54 bits per heavy atom. The van der Waals surface area contributed by atoms with Crippen LogP contribution in [-0.4, -0.2) is 34.7 Å². The summed E-state index contributed by atoms with van der Waals surface area (Å²) in [6.45, 7) is 0. The molecule has 0 bridgehead atoms. The van der Waals surface area contributed by atoms with Crippen LogP contribution in [-0.2, 0) is 14.8 Å². The molecule has 8 nitrogen and oxygen atoms in total. The van der Waals surface area contributed by atoms with E-state index >= 15 is 0 Å². The zero-order chi connectivity index (χ0) is 19.7. The Kier molecular flexibility index (Phi) is 4.75. The highest BCUT2D eigenvalue weighted by Crippen LogP contribution is 2.23. The Morgan fingerprint density at radius 1 is 1.04 bits per heavy atom. The molecule has 28 heavy (non-hydrogen) atoms. The van der Waals surface area contributed by atoms with Crippen molar-refractivity contribution in [1.82, 2.24) is 14.6 Å². The molecule has 0 atom stereocenters. The van der Waals surface area contributed by atoms with Crippen LogP contribution in [0, 0.1) is 0 Å². The third-order valence-electron chi connectivity index (χ3n) is 4.05. The fraction of sp³-hybridized carbons (Fsp3) is 0.0556. The maximum atomic E-state index is 12.3. The molecule has 4 aromatic rings. The van der Waals surface area contributed by atoms with Crippen LogP contribution in [0.1, 0.15) is 0 Å². The van der Waals surface area contributed by atoms with Crippen molar-refractivity contribution in [2.45, 2.75) is 10.1 Å². The molecule has 0 aliphatic carbocycles. The summed E-state index contributed by atoms with van der Waals surface area (Å²) in [7, 11) is -3.76. The summed E-state index contributed by atoms with van der Waals surface area (Å²) in [4.78, 5) is 12.2. The third-order valence-corrected chi connectivity index (χ3v) is 5.91. The summed E-state index contributed by atoms with van der Waals surface area (Å²) in [5.41, 5.74) is 2.15. The number of nitrogens with two attached hydrogens (primary N) is 1. The second kappa shape index (κ2) is 7.23. The van der Waals surface area contributed by atoms with E-state index in [2.05, 4.69) is 15.5 Å². The predicted octanol–water partition coefficient (Wildman–Crippen LogP) is 2.26. The lowest BCUT2D eigenvalue weighted by atomic mass is 10.2. The van der Waals surface area contributed by atoms with Crippen molar-refractivity contribution in [3.63, 3.8) is 0 Å². The number of sulfonamides is 1. The Labute approximate surface area is 164 Å². The van der Waals surface area contributed by atoms with E-state index in [1.165, 1.54) is 36.0 Å². The van der Waals surface area contributed by atoms with Crippen LogP contribution < -0.4 is 10.5 Å². The second-order valence-electron chi connectivity index (χ2n) is 5.97. The summed E-state index contributed by atoms with van der Waals surface area (Å²) >= 11 is 1.27. The number of primary sulfonamides is 1. The fourth-order valence-electron chi connectivity index (χ4n) is 2.76. The first kappa shape index (κ1) is 18.4. The molecule has 10 heteroatoms. The molecular formula is C18H15N5O3S2. The zero-order valence-corrected chi connectivity index (χ0v) is 16.1. The lowest BCUT2D eigenvalue weighted by Crippen LogP contribution is -2.15. The van der Waals surface area contributed by atoms with Crippen molar-refractivity contribution in [2.24, 2.45) is 5.14 Å². The van der Waals surface area contributed by atoms with Crippen molar-refractivity contribution in [3.05, 3.63) is 60.7 Å². The number of pyridine rings is 1. The van der Waals surface area contributed by atoms with Gasteiger partial charge in [0.25, 0.3) is 0 Å². The number of carbonyl (C=O) groups is 1. The maximum Gasteiger partial charge on any atom is 0.238 e. The van der Waals surface area contributed by atoms with Gasteiger partial charge in [-0.3, -0.25) is 9.20 Å². The van der Waals surface area contributed by atoms with E-state index in [0.717, 1.165) is 10.9 Å². The van der Waals surface area contributed by atoms with Crippen LogP contribution in [0.4, 0.5) is 5.69 Å². The molecule has 2 aromatic carbocycles.